The van der Waals surface area contributed by atoms with Gasteiger partial charge in [0.15, 0.2) is 17.5 Å². The van der Waals surface area contributed by atoms with Crippen LogP contribution >= 0.6 is 0 Å². The molecule has 8 nitrogen and oxygen atoms in total. The van der Waals surface area contributed by atoms with Gasteiger partial charge in [0.25, 0.3) is 0 Å². The van der Waals surface area contributed by atoms with Crippen LogP contribution in [0.25, 0.3) is 28.2 Å². The highest BCUT2D eigenvalue weighted by Gasteiger charge is 2.26. The van der Waals surface area contributed by atoms with Gasteiger partial charge in [-0.2, -0.15) is 5.10 Å². The van der Waals surface area contributed by atoms with Crippen LogP contribution in [0.2, 0.25) is 0 Å². The summed E-state index contributed by atoms with van der Waals surface area (Å²) in [6, 6.07) is 9.39. The highest BCUT2D eigenvalue weighted by molar-refractivity contribution is 5.78. The largest absolute Gasteiger partial charge is 0.392 e. The molecule has 5 rings (SSSR count). The SMILES string of the molecule is CCC(=O)N1CCC[C@@H](Nc2nc(-c3cnn4ccccc34)nc(-c3ccc(CO)cc3F)c2F)C1. The minimum Gasteiger partial charge on any atom is -0.392 e. The van der Waals surface area contributed by atoms with Gasteiger partial charge in [0, 0.05) is 37.3 Å². The van der Waals surface area contributed by atoms with E-state index < -0.39 is 11.6 Å². The van der Waals surface area contributed by atoms with E-state index in [1.165, 1.54) is 12.1 Å². The predicted molar refractivity (Wildman–Crippen MR) is 131 cm³/mol. The molecule has 4 heterocycles. The molecule has 0 unspecified atom stereocenters. The number of hydrogen-bond donors (Lipinski definition) is 2. The monoisotopic (exact) mass is 492 g/mol. The number of carbonyl (C=O) groups excluding carboxylic acids is 1. The van der Waals surface area contributed by atoms with E-state index in [1.54, 1.807) is 21.8 Å². The summed E-state index contributed by atoms with van der Waals surface area (Å²) < 4.78 is 32.5. The second-order valence-electron chi connectivity index (χ2n) is 8.80. The molecular formula is C26H26F2N6O2. The van der Waals surface area contributed by atoms with E-state index >= 15 is 4.39 Å². The minimum atomic E-state index is -0.787. The summed E-state index contributed by atoms with van der Waals surface area (Å²) in [5.41, 5.74) is 1.42. The average molecular weight is 493 g/mol. The Morgan fingerprint density at radius 1 is 1.19 bits per heavy atom. The van der Waals surface area contributed by atoms with Crippen LogP contribution in [0.15, 0.2) is 48.8 Å². The predicted octanol–water partition coefficient (Wildman–Crippen LogP) is 4.04. The Kier molecular flexibility index (Phi) is 6.60. The van der Waals surface area contributed by atoms with Crippen LogP contribution in [0.1, 0.15) is 31.7 Å². The fourth-order valence-corrected chi connectivity index (χ4v) is 4.54. The smallest absolute Gasteiger partial charge is 0.222 e. The molecule has 1 aliphatic rings. The summed E-state index contributed by atoms with van der Waals surface area (Å²) in [7, 11) is 0. The number of piperidine rings is 1. The Hall–Kier alpha value is -3.92. The molecule has 0 aliphatic carbocycles. The van der Waals surface area contributed by atoms with Crippen molar-refractivity contribution in [2.24, 2.45) is 0 Å². The van der Waals surface area contributed by atoms with Crippen molar-refractivity contribution in [1.82, 2.24) is 24.5 Å². The van der Waals surface area contributed by atoms with Crippen LogP contribution in [0, 0.1) is 11.6 Å². The molecular weight excluding hydrogens is 466 g/mol. The Morgan fingerprint density at radius 3 is 2.83 bits per heavy atom. The highest BCUT2D eigenvalue weighted by Crippen LogP contribution is 2.32. The number of nitrogens with zero attached hydrogens (tertiary/aromatic N) is 5. The van der Waals surface area contributed by atoms with Gasteiger partial charge in [-0.15, -0.1) is 0 Å². The van der Waals surface area contributed by atoms with E-state index in [0.717, 1.165) is 24.4 Å². The number of nitrogens with one attached hydrogen (secondary N) is 1. The molecule has 0 bridgehead atoms. The molecule has 10 heteroatoms. The van der Waals surface area contributed by atoms with Crippen LogP contribution in [0.5, 0.6) is 0 Å². The molecule has 1 amide bonds. The van der Waals surface area contributed by atoms with E-state index in [4.69, 9.17) is 0 Å². The van der Waals surface area contributed by atoms with Gasteiger partial charge in [0.05, 0.1) is 23.9 Å². The van der Waals surface area contributed by atoms with Gasteiger partial charge in [0.2, 0.25) is 5.91 Å². The first kappa shape index (κ1) is 23.8. The molecule has 1 fully saturated rings. The summed E-state index contributed by atoms with van der Waals surface area (Å²) in [4.78, 5) is 22.9. The second-order valence-corrected chi connectivity index (χ2v) is 8.80. The summed E-state index contributed by atoms with van der Waals surface area (Å²) in [5, 5.41) is 16.8. The molecule has 36 heavy (non-hydrogen) atoms. The molecule has 0 spiro atoms. The second kappa shape index (κ2) is 9.98. The number of carbonyl (C=O) groups is 1. The van der Waals surface area contributed by atoms with Crippen molar-refractivity contribution in [2.75, 3.05) is 18.4 Å². The first-order valence-corrected chi connectivity index (χ1v) is 11.9. The standard InChI is InChI=1S/C26H26F2N6O2/c1-2-22(36)33-10-5-6-17(14-33)30-26-23(28)24(18-9-8-16(15-35)12-20(18)27)31-25(32-26)19-13-29-34-11-4-3-7-21(19)34/h3-4,7-9,11-13,17,35H,2,5-6,10,14-15H2,1H3,(H,30,31,32)/t17-/m1/s1. The molecule has 186 valence electrons. The normalized spacial score (nSPS) is 15.9. The molecule has 4 aromatic rings. The minimum absolute atomic E-state index is 0.0423. The van der Waals surface area contributed by atoms with Gasteiger partial charge in [-0.05, 0) is 42.7 Å². The first-order valence-electron chi connectivity index (χ1n) is 11.9. The van der Waals surface area contributed by atoms with Gasteiger partial charge >= 0.3 is 0 Å². The lowest BCUT2D eigenvalue weighted by Gasteiger charge is -2.33. The fourth-order valence-electron chi connectivity index (χ4n) is 4.54. The summed E-state index contributed by atoms with van der Waals surface area (Å²) in [5.74, 6) is -1.31. The highest BCUT2D eigenvalue weighted by atomic mass is 19.1. The number of amides is 1. The number of fused-ring (bicyclic) bond motifs is 1. The summed E-state index contributed by atoms with van der Waals surface area (Å²) >= 11 is 0. The maximum atomic E-state index is 15.8. The van der Waals surface area contributed by atoms with Crippen LogP contribution < -0.4 is 5.32 Å². The average Bonchev–Trinajstić information content (AvgIpc) is 3.34. The van der Waals surface area contributed by atoms with Crippen molar-refractivity contribution >= 4 is 17.2 Å². The maximum Gasteiger partial charge on any atom is 0.222 e. The molecule has 1 aliphatic heterocycles. The molecule has 0 radical (unpaired) electrons. The van der Waals surface area contributed by atoms with E-state index in [2.05, 4.69) is 20.4 Å². The van der Waals surface area contributed by atoms with Gasteiger partial charge in [0.1, 0.15) is 11.5 Å². The lowest BCUT2D eigenvalue weighted by molar-refractivity contribution is -0.131. The summed E-state index contributed by atoms with van der Waals surface area (Å²) in [6.45, 7) is 2.57. The van der Waals surface area contributed by atoms with Gasteiger partial charge in [-0.3, -0.25) is 4.79 Å². The molecule has 1 saturated heterocycles. The van der Waals surface area contributed by atoms with E-state index in [-0.39, 0.29) is 41.5 Å². The zero-order chi connectivity index (χ0) is 25.2. The molecule has 1 aromatic carbocycles. The van der Waals surface area contributed by atoms with Crippen molar-refractivity contribution in [1.29, 1.82) is 0 Å². The van der Waals surface area contributed by atoms with Gasteiger partial charge in [-0.1, -0.05) is 19.1 Å². The van der Waals surface area contributed by atoms with Gasteiger partial charge < -0.3 is 15.3 Å². The van der Waals surface area contributed by atoms with Crippen molar-refractivity contribution < 1.29 is 18.7 Å². The third kappa shape index (κ3) is 4.51. The molecule has 3 aromatic heterocycles. The topological polar surface area (TPSA) is 95.7 Å². The number of halogens is 2. The number of aliphatic hydroxyl groups is 1. The van der Waals surface area contributed by atoms with Crippen LogP contribution in [0.3, 0.4) is 0 Å². The van der Waals surface area contributed by atoms with Crippen LogP contribution in [0.4, 0.5) is 14.6 Å². The Morgan fingerprint density at radius 2 is 2.06 bits per heavy atom. The molecule has 0 saturated carbocycles. The lowest BCUT2D eigenvalue weighted by atomic mass is 10.0. The molecule has 2 N–H and O–H groups in total. The Bertz CT molecular complexity index is 1420. The van der Waals surface area contributed by atoms with Gasteiger partial charge in [-0.25, -0.2) is 23.3 Å². The number of benzene rings is 1. The number of aliphatic hydroxyl groups excluding tert-OH is 1. The van der Waals surface area contributed by atoms with E-state index in [1.807, 2.05) is 25.1 Å². The van der Waals surface area contributed by atoms with Crippen molar-refractivity contribution in [3.8, 4) is 22.6 Å². The molecule has 1 atom stereocenters. The summed E-state index contributed by atoms with van der Waals surface area (Å²) in [6.07, 6.45) is 5.28. The fraction of sp³-hybridized carbons (Fsp3) is 0.308. The zero-order valence-corrected chi connectivity index (χ0v) is 19.8. The van der Waals surface area contributed by atoms with Crippen LogP contribution in [-0.2, 0) is 11.4 Å². The lowest BCUT2D eigenvalue weighted by Crippen LogP contribution is -2.45. The van der Waals surface area contributed by atoms with Crippen molar-refractivity contribution in [3.63, 3.8) is 0 Å². The van der Waals surface area contributed by atoms with Crippen molar-refractivity contribution in [3.05, 3.63) is 66.0 Å². The number of anilines is 1. The van der Waals surface area contributed by atoms with Crippen molar-refractivity contribution in [2.45, 2.75) is 38.8 Å². The first-order chi connectivity index (χ1) is 17.5. The third-order valence-corrected chi connectivity index (χ3v) is 6.41. The Balaban J connectivity index is 1.60. The zero-order valence-electron chi connectivity index (χ0n) is 19.8. The van der Waals surface area contributed by atoms with E-state index in [9.17, 15) is 14.3 Å². The number of aromatic nitrogens is 4. The Labute approximate surface area is 206 Å². The number of likely N-dealkylation sites (tertiary alicyclic amines) is 1. The maximum absolute atomic E-state index is 15.8. The third-order valence-electron chi connectivity index (χ3n) is 6.41. The number of rotatable bonds is 6. The van der Waals surface area contributed by atoms with Crippen LogP contribution in [-0.4, -0.2) is 54.6 Å². The quantitative estimate of drug-likeness (QED) is 0.422. The van der Waals surface area contributed by atoms with E-state index in [0.29, 0.717) is 30.6 Å². The number of pyridine rings is 1. The number of hydrogen-bond acceptors (Lipinski definition) is 6.